The number of nitrogens with zero attached hydrogens (tertiary/aromatic N) is 4. The standard InChI is InChI=1S/C12H18N4O3/c1-7-2-5-10(19-7)12-13-14-15-16(12)9(6-11(17)18)8-3-4-8/h7-10H,2-6H2,1H3,(H,17,18). The molecule has 7 nitrogen and oxygen atoms in total. The summed E-state index contributed by atoms with van der Waals surface area (Å²) >= 11 is 0. The summed E-state index contributed by atoms with van der Waals surface area (Å²) in [6.45, 7) is 2.03. The predicted molar refractivity (Wildman–Crippen MR) is 64.4 cm³/mol. The number of tetrazole rings is 1. The first-order valence-corrected chi connectivity index (χ1v) is 6.80. The van der Waals surface area contributed by atoms with E-state index in [0.717, 1.165) is 25.7 Å². The molecule has 3 rings (SSSR count). The molecule has 1 saturated heterocycles. The zero-order valence-corrected chi connectivity index (χ0v) is 10.9. The lowest BCUT2D eigenvalue weighted by atomic mass is 10.1. The summed E-state index contributed by atoms with van der Waals surface area (Å²) in [7, 11) is 0. The van der Waals surface area contributed by atoms with Gasteiger partial charge in [0.2, 0.25) is 0 Å². The molecule has 0 spiro atoms. The van der Waals surface area contributed by atoms with Crippen LogP contribution in [-0.4, -0.2) is 37.4 Å². The average Bonchev–Trinajstić information content (AvgIpc) is 2.92. The van der Waals surface area contributed by atoms with Gasteiger partial charge in [0.15, 0.2) is 5.82 Å². The van der Waals surface area contributed by atoms with Gasteiger partial charge >= 0.3 is 5.97 Å². The van der Waals surface area contributed by atoms with Crippen LogP contribution in [-0.2, 0) is 9.53 Å². The lowest BCUT2D eigenvalue weighted by molar-refractivity contribution is -0.138. The molecule has 19 heavy (non-hydrogen) atoms. The summed E-state index contributed by atoms with van der Waals surface area (Å²) in [6.07, 6.45) is 4.19. The van der Waals surface area contributed by atoms with Crippen molar-refractivity contribution in [2.75, 3.05) is 0 Å². The van der Waals surface area contributed by atoms with E-state index in [0.29, 0.717) is 11.7 Å². The fraction of sp³-hybridized carbons (Fsp3) is 0.833. The maximum Gasteiger partial charge on any atom is 0.305 e. The van der Waals surface area contributed by atoms with Crippen LogP contribution >= 0.6 is 0 Å². The smallest absolute Gasteiger partial charge is 0.305 e. The normalized spacial score (nSPS) is 28.5. The topological polar surface area (TPSA) is 90.1 Å². The van der Waals surface area contributed by atoms with Crippen LogP contribution in [0.3, 0.4) is 0 Å². The monoisotopic (exact) mass is 266 g/mol. The van der Waals surface area contributed by atoms with Crippen molar-refractivity contribution < 1.29 is 14.6 Å². The van der Waals surface area contributed by atoms with E-state index in [-0.39, 0.29) is 24.7 Å². The molecular formula is C12H18N4O3. The first-order valence-electron chi connectivity index (χ1n) is 6.80. The molecule has 1 aliphatic heterocycles. The van der Waals surface area contributed by atoms with E-state index >= 15 is 0 Å². The molecule has 104 valence electrons. The van der Waals surface area contributed by atoms with Gasteiger partial charge in [-0.2, -0.15) is 0 Å². The highest BCUT2D eigenvalue weighted by Gasteiger charge is 2.38. The maximum atomic E-state index is 11.0. The summed E-state index contributed by atoms with van der Waals surface area (Å²) < 4.78 is 7.48. The molecule has 3 atom stereocenters. The van der Waals surface area contributed by atoms with Crippen LogP contribution in [0.25, 0.3) is 0 Å². The third-order valence-corrected chi connectivity index (χ3v) is 3.90. The van der Waals surface area contributed by atoms with E-state index in [1.54, 1.807) is 4.68 Å². The van der Waals surface area contributed by atoms with Crippen LogP contribution in [0.1, 0.15) is 57.0 Å². The Bertz CT molecular complexity index is 471. The second-order valence-corrected chi connectivity index (χ2v) is 5.50. The molecule has 3 unspecified atom stereocenters. The van der Waals surface area contributed by atoms with Crippen LogP contribution < -0.4 is 0 Å². The molecule has 7 heteroatoms. The zero-order valence-electron chi connectivity index (χ0n) is 10.9. The van der Waals surface area contributed by atoms with Crippen molar-refractivity contribution in [3.63, 3.8) is 0 Å². The van der Waals surface area contributed by atoms with Gasteiger partial charge in [-0.15, -0.1) is 5.10 Å². The van der Waals surface area contributed by atoms with Crippen molar-refractivity contribution >= 4 is 5.97 Å². The fourth-order valence-electron chi connectivity index (χ4n) is 2.75. The van der Waals surface area contributed by atoms with Crippen LogP contribution in [0, 0.1) is 5.92 Å². The second kappa shape index (κ2) is 4.88. The molecule has 2 aliphatic rings. The third-order valence-electron chi connectivity index (χ3n) is 3.90. The Morgan fingerprint density at radius 3 is 2.84 bits per heavy atom. The lowest BCUT2D eigenvalue weighted by Crippen LogP contribution is -2.21. The van der Waals surface area contributed by atoms with Gasteiger partial charge in [0.05, 0.1) is 18.6 Å². The third kappa shape index (κ3) is 2.60. The number of hydrogen-bond acceptors (Lipinski definition) is 5. The molecule has 2 heterocycles. The van der Waals surface area contributed by atoms with Gasteiger partial charge in [0.1, 0.15) is 6.10 Å². The van der Waals surface area contributed by atoms with Gasteiger partial charge in [0, 0.05) is 0 Å². The van der Waals surface area contributed by atoms with E-state index < -0.39 is 5.97 Å². The minimum absolute atomic E-state index is 0.0744. The number of rotatable bonds is 5. The van der Waals surface area contributed by atoms with Gasteiger partial charge in [0.25, 0.3) is 0 Å². The number of hydrogen-bond donors (Lipinski definition) is 1. The molecule has 0 aromatic carbocycles. The molecule has 2 fully saturated rings. The highest BCUT2D eigenvalue weighted by Crippen LogP contribution is 2.43. The molecule has 0 amide bonds. The Balaban J connectivity index is 1.83. The van der Waals surface area contributed by atoms with E-state index in [4.69, 9.17) is 9.84 Å². The molecule has 1 aromatic rings. The summed E-state index contributed by atoms with van der Waals surface area (Å²) in [5.74, 6) is 0.263. The highest BCUT2D eigenvalue weighted by atomic mass is 16.5. The van der Waals surface area contributed by atoms with Crippen molar-refractivity contribution in [3.8, 4) is 0 Å². The first-order chi connectivity index (χ1) is 9.15. The summed E-state index contributed by atoms with van der Waals surface area (Å²) in [6, 6.07) is -0.137. The molecular weight excluding hydrogens is 248 g/mol. The van der Waals surface area contributed by atoms with Crippen molar-refractivity contribution in [1.82, 2.24) is 20.2 Å². The molecule has 1 aliphatic carbocycles. The number of carboxylic acids is 1. The molecule has 1 N–H and O–H groups in total. The van der Waals surface area contributed by atoms with Crippen molar-refractivity contribution in [3.05, 3.63) is 5.82 Å². The summed E-state index contributed by atoms with van der Waals surface area (Å²) in [5, 5.41) is 20.8. The van der Waals surface area contributed by atoms with Crippen molar-refractivity contribution in [1.29, 1.82) is 0 Å². The zero-order chi connectivity index (χ0) is 13.4. The van der Waals surface area contributed by atoms with E-state index in [1.165, 1.54) is 0 Å². The van der Waals surface area contributed by atoms with Gasteiger partial charge in [-0.1, -0.05) is 0 Å². The Labute approximate surface area is 110 Å². The number of aromatic nitrogens is 4. The Hall–Kier alpha value is -1.50. The van der Waals surface area contributed by atoms with E-state index in [9.17, 15) is 4.79 Å². The predicted octanol–water partition coefficient (Wildman–Crippen LogP) is 1.34. The van der Waals surface area contributed by atoms with Crippen LogP contribution in [0.2, 0.25) is 0 Å². The number of aliphatic carboxylic acids is 1. The van der Waals surface area contributed by atoms with E-state index in [2.05, 4.69) is 15.5 Å². The summed E-state index contributed by atoms with van der Waals surface area (Å²) in [4.78, 5) is 11.0. The first kappa shape index (κ1) is 12.5. The van der Waals surface area contributed by atoms with Crippen LogP contribution in [0.15, 0.2) is 0 Å². The van der Waals surface area contributed by atoms with Gasteiger partial charge in [-0.3, -0.25) is 4.79 Å². The van der Waals surface area contributed by atoms with Crippen LogP contribution in [0.4, 0.5) is 0 Å². The molecule has 0 radical (unpaired) electrons. The average molecular weight is 266 g/mol. The highest BCUT2D eigenvalue weighted by molar-refractivity contribution is 5.67. The van der Waals surface area contributed by atoms with Gasteiger partial charge < -0.3 is 9.84 Å². The second-order valence-electron chi connectivity index (χ2n) is 5.50. The summed E-state index contributed by atoms with van der Waals surface area (Å²) in [5.41, 5.74) is 0. The maximum absolute atomic E-state index is 11.0. The van der Waals surface area contributed by atoms with Crippen molar-refractivity contribution in [2.24, 2.45) is 5.92 Å². The minimum Gasteiger partial charge on any atom is -0.481 e. The Morgan fingerprint density at radius 1 is 1.47 bits per heavy atom. The van der Waals surface area contributed by atoms with Crippen molar-refractivity contribution in [2.45, 2.75) is 57.3 Å². The Kier molecular flexibility index (Phi) is 3.22. The number of carboxylic acid groups (broad SMARTS) is 1. The van der Waals surface area contributed by atoms with Crippen LogP contribution in [0.5, 0.6) is 0 Å². The molecule has 0 bridgehead atoms. The quantitative estimate of drug-likeness (QED) is 0.864. The minimum atomic E-state index is -0.806. The molecule has 1 aromatic heterocycles. The number of ether oxygens (including phenoxy) is 1. The van der Waals surface area contributed by atoms with Gasteiger partial charge in [-0.25, -0.2) is 4.68 Å². The fourth-order valence-corrected chi connectivity index (χ4v) is 2.75. The number of carbonyl (C=O) groups is 1. The SMILES string of the molecule is CC1CCC(c2nnnn2C(CC(=O)O)C2CC2)O1. The van der Waals surface area contributed by atoms with Gasteiger partial charge in [-0.05, 0) is 49.0 Å². The lowest BCUT2D eigenvalue weighted by Gasteiger charge is -2.18. The Morgan fingerprint density at radius 2 is 2.26 bits per heavy atom. The van der Waals surface area contributed by atoms with E-state index in [1.807, 2.05) is 6.92 Å². The largest absolute Gasteiger partial charge is 0.481 e. The molecule has 1 saturated carbocycles.